The van der Waals surface area contributed by atoms with Gasteiger partial charge >= 0.3 is 11.7 Å². The normalized spacial score (nSPS) is 12.7. The number of nitro groups is 1. The number of hydrogen-bond donors (Lipinski definition) is 1. The predicted molar refractivity (Wildman–Crippen MR) is 55.5 cm³/mol. The Morgan fingerprint density at radius 3 is 2.50 bits per heavy atom. The Kier molecular flexibility index (Phi) is 3.94. The summed E-state index contributed by atoms with van der Waals surface area (Å²) in [6, 6.07) is -0.742. The lowest BCUT2D eigenvalue weighted by Crippen LogP contribution is -2.13. The molecular weight excluding hydrogens is 252 g/mol. The highest BCUT2D eigenvalue weighted by Gasteiger charge is 2.32. The first-order valence-electron chi connectivity index (χ1n) is 4.99. The third-order valence-electron chi connectivity index (χ3n) is 2.42. The number of nitrogens with zero attached hydrogens (tertiary/aromatic N) is 3. The molecule has 9 heteroatoms. The number of carboxylic acids is 1. The second-order valence-electron chi connectivity index (χ2n) is 3.77. The van der Waals surface area contributed by atoms with Crippen LogP contribution in [0.5, 0.6) is 0 Å². The fourth-order valence-electron chi connectivity index (χ4n) is 1.67. The summed E-state index contributed by atoms with van der Waals surface area (Å²) in [5.41, 5.74) is -1.78. The molecule has 100 valence electrons. The van der Waals surface area contributed by atoms with Gasteiger partial charge in [0.2, 0.25) is 5.69 Å². The lowest BCUT2D eigenvalue weighted by atomic mass is 10.2. The highest BCUT2D eigenvalue weighted by molar-refractivity contribution is 5.67. The van der Waals surface area contributed by atoms with Crippen molar-refractivity contribution in [1.82, 2.24) is 9.78 Å². The molecule has 0 aromatic carbocycles. The van der Waals surface area contributed by atoms with Crippen molar-refractivity contribution in [3.05, 3.63) is 21.5 Å². The number of carbonyl (C=O) groups is 1. The van der Waals surface area contributed by atoms with Crippen LogP contribution in [0.3, 0.4) is 0 Å². The van der Waals surface area contributed by atoms with Crippen LogP contribution in [-0.2, 0) is 4.79 Å². The maximum atomic E-state index is 12.6. The maximum absolute atomic E-state index is 12.6. The average molecular weight is 263 g/mol. The lowest BCUT2D eigenvalue weighted by molar-refractivity contribution is -0.387. The van der Waals surface area contributed by atoms with Crippen LogP contribution in [0.2, 0.25) is 0 Å². The summed E-state index contributed by atoms with van der Waals surface area (Å²) in [5, 5.41) is 22.8. The minimum absolute atomic E-state index is 0.0796. The van der Waals surface area contributed by atoms with E-state index in [2.05, 4.69) is 5.10 Å². The Balaban J connectivity index is 3.27. The van der Waals surface area contributed by atoms with Crippen molar-refractivity contribution in [2.24, 2.45) is 0 Å². The van der Waals surface area contributed by atoms with E-state index in [-0.39, 0.29) is 12.1 Å². The second-order valence-corrected chi connectivity index (χ2v) is 3.77. The molecule has 1 rings (SSSR count). The van der Waals surface area contributed by atoms with Gasteiger partial charge in [-0.05, 0) is 13.8 Å². The summed E-state index contributed by atoms with van der Waals surface area (Å²) < 4.78 is 26.2. The van der Waals surface area contributed by atoms with E-state index in [0.29, 0.717) is 0 Å². The van der Waals surface area contributed by atoms with Crippen LogP contribution in [0.4, 0.5) is 14.5 Å². The molecule has 0 saturated heterocycles. The van der Waals surface area contributed by atoms with Crippen LogP contribution in [0.25, 0.3) is 0 Å². The molecule has 0 aliphatic rings. The third kappa shape index (κ3) is 2.60. The Bertz CT molecular complexity index is 486. The van der Waals surface area contributed by atoms with Gasteiger partial charge in [-0.1, -0.05) is 0 Å². The molecule has 18 heavy (non-hydrogen) atoms. The molecule has 0 spiro atoms. The van der Waals surface area contributed by atoms with E-state index >= 15 is 0 Å². The number of rotatable bonds is 5. The predicted octanol–water partition coefficient (Wildman–Crippen LogP) is 2.07. The second kappa shape index (κ2) is 5.07. The highest BCUT2D eigenvalue weighted by Crippen LogP contribution is 2.32. The van der Waals surface area contributed by atoms with Crippen molar-refractivity contribution >= 4 is 11.7 Å². The molecule has 1 aromatic rings. The van der Waals surface area contributed by atoms with Crippen LogP contribution in [0.15, 0.2) is 0 Å². The Hall–Kier alpha value is -2.06. The zero-order valence-corrected chi connectivity index (χ0v) is 9.63. The topological polar surface area (TPSA) is 98.3 Å². The van der Waals surface area contributed by atoms with E-state index < -0.39 is 34.7 Å². The van der Waals surface area contributed by atoms with Crippen molar-refractivity contribution in [3.8, 4) is 0 Å². The summed E-state index contributed by atoms with van der Waals surface area (Å²) in [7, 11) is 0. The summed E-state index contributed by atoms with van der Waals surface area (Å²) in [6.45, 7) is 2.70. The summed E-state index contributed by atoms with van der Waals surface area (Å²) in [5.74, 6) is -1.14. The Morgan fingerprint density at radius 2 is 2.17 bits per heavy atom. The molecule has 1 unspecified atom stereocenters. The molecule has 7 nitrogen and oxygen atoms in total. The van der Waals surface area contributed by atoms with Gasteiger partial charge < -0.3 is 5.11 Å². The molecular formula is C9H11F2N3O4. The van der Waals surface area contributed by atoms with Crippen molar-refractivity contribution < 1.29 is 23.6 Å². The smallest absolute Gasteiger partial charge is 0.318 e. The quantitative estimate of drug-likeness (QED) is 0.647. The first-order chi connectivity index (χ1) is 8.25. The zero-order valence-electron chi connectivity index (χ0n) is 9.63. The van der Waals surface area contributed by atoms with Gasteiger partial charge in [-0.15, -0.1) is 0 Å². The van der Waals surface area contributed by atoms with E-state index in [1.807, 2.05) is 0 Å². The van der Waals surface area contributed by atoms with Crippen molar-refractivity contribution in [2.75, 3.05) is 0 Å². The molecule has 0 aliphatic heterocycles. The molecule has 0 aliphatic carbocycles. The van der Waals surface area contributed by atoms with Gasteiger partial charge in [0.25, 0.3) is 6.43 Å². The van der Waals surface area contributed by atoms with Crippen molar-refractivity contribution in [1.29, 1.82) is 0 Å². The average Bonchev–Trinajstić information content (AvgIpc) is 2.54. The number of carboxylic acid groups (broad SMARTS) is 1. The molecule has 0 radical (unpaired) electrons. The fourth-order valence-corrected chi connectivity index (χ4v) is 1.67. The maximum Gasteiger partial charge on any atom is 0.318 e. The highest BCUT2D eigenvalue weighted by atomic mass is 19.3. The largest absolute Gasteiger partial charge is 0.481 e. The van der Waals surface area contributed by atoms with Gasteiger partial charge in [-0.25, -0.2) is 8.78 Å². The lowest BCUT2D eigenvalue weighted by Gasteiger charge is -2.10. The van der Waals surface area contributed by atoms with Gasteiger partial charge in [0, 0.05) is 0 Å². The number of aromatic nitrogens is 2. The first-order valence-corrected chi connectivity index (χ1v) is 4.99. The van der Waals surface area contributed by atoms with Crippen LogP contribution in [0, 0.1) is 17.0 Å². The molecule has 1 heterocycles. The van der Waals surface area contributed by atoms with E-state index in [4.69, 9.17) is 5.11 Å². The number of alkyl halides is 2. The summed E-state index contributed by atoms with van der Waals surface area (Å²) >= 11 is 0. The number of hydrogen-bond acceptors (Lipinski definition) is 4. The monoisotopic (exact) mass is 263 g/mol. The van der Waals surface area contributed by atoms with E-state index in [9.17, 15) is 23.7 Å². The molecule has 1 N–H and O–H groups in total. The fraction of sp³-hybridized carbons (Fsp3) is 0.556. The van der Waals surface area contributed by atoms with Crippen molar-refractivity contribution in [3.63, 3.8) is 0 Å². The first kappa shape index (κ1) is 14.0. The van der Waals surface area contributed by atoms with Gasteiger partial charge in [-0.3, -0.25) is 19.6 Å². The van der Waals surface area contributed by atoms with Crippen molar-refractivity contribution in [2.45, 2.75) is 32.7 Å². The number of aliphatic carboxylic acids is 1. The van der Waals surface area contributed by atoms with E-state index in [1.54, 1.807) is 0 Å². The molecule has 0 amide bonds. The molecule has 1 atom stereocenters. The van der Waals surface area contributed by atoms with E-state index in [1.165, 1.54) is 13.8 Å². The van der Waals surface area contributed by atoms with Crippen LogP contribution >= 0.6 is 0 Å². The van der Waals surface area contributed by atoms with Gasteiger partial charge in [0.05, 0.1) is 17.4 Å². The van der Waals surface area contributed by atoms with Crippen LogP contribution in [0.1, 0.15) is 37.2 Å². The van der Waals surface area contributed by atoms with Crippen LogP contribution < -0.4 is 0 Å². The number of halogens is 2. The van der Waals surface area contributed by atoms with E-state index in [0.717, 1.165) is 4.68 Å². The van der Waals surface area contributed by atoms with Crippen LogP contribution in [-0.4, -0.2) is 25.8 Å². The minimum atomic E-state index is -3.08. The SMILES string of the molecule is Cc1c([N+](=O)[O-])c(C(F)F)nn1C(C)CC(=O)O. The zero-order chi connectivity index (χ0) is 14.0. The summed E-state index contributed by atoms with van der Waals surface area (Å²) in [4.78, 5) is 20.3. The molecule has 0 saturated carbocycles. The van der Waals surface area contributed by atoms with Gasteiger partial charge in [-0.2, -0.15) is 5.10 Å². The standard InChI is InChI=1S/C9H11F2N3O4/c1-4(3-6(15)16)13-5(2)8(14(17)18)7(12-13)9(10)11/h4,9H,3H2,1-2H3,(H,15,16). The minimum Gasteiger partial charge on any atom is -0.481 e. The molecule has 0 bridgehead atoms. The molecule has 0 fully saturated rings. The Labute approximate surface area is 100 Å². The van der Waals surface area contributed by atoms with Gasteiger partial charge in [0.15, 0.2) is 0 Å². The Morgan fingerprint density at radius 1 is 1.61 bits per heavy atom. The summed E-state index contributed by atoms with van der Waals surface area (Å²) in [6.07, 6.45) is -3.44. The molecule has 1 aromatic heterocycles. The third-order valence-corrected chi connectivity index (χ3v) is 2.42. The van der Waals surface area contributed by atoms with Gasteiger partial charge in [0.1, 0.15) is 5.69 Å².